The Kier molecular flexibility index (Phi) is 5.46. The molecular weight excluding hydrogens is 262 g/mol. The molecular formula is C13H23N3O2S. The highest BCUT2D eigenvalue weighted by atomic mass is 32.1. The Bertz CT molecular complexity index is 426. The molecule has 0 saturated heterocycles. The minimum atomic E-state index is -0.525. The van der Waals surface area contributed by atoms with Crippen molar-refractivity contribution in [2.75, 3.05) is 7.11 Å². The third-order valence-electron chi connectivity index (χ3n) is 2.93. The number of thiazole rings is 1. The fourth-order valence-corrected chi connectivity index (χ4v) is 2.22. The Balaban J connectivity index is 2.53. The van der Waals surface area contributed by atoms with Gasteiger partial charge in [0.2, 0.25) is 5.91 Å². The van der Waals surface area contributed by atoms with Crippen LogP contribution < -0.4 is 11.1 Å². The van der Waals surface area contributed by atoms with Gasteiger partial charge in [-0.15, -0.1) is 11.3 Å². The van der Waals surface area contributed by atoms with E-state index in [0.717, 1.165) is 10.7 Å². The van der Waals surface area contributed by atoms with Crippen molar-refractivity contribution < 1.29 is 9.53 Å². The smallest absolute Gasteiger partial charge is 0.237 e. The number of methoxy groups -OCH3 is 1. The number of carbonyl (C=O) groups excluding carboxylic acids is 1. The highest BCUT2D eigenvalue weighted by Crippen LogP contribution is 2.20. The molecule has 108 valence electrons. The normalized spacial score (nSPS) is 15.1. The maximum Gasteiger partial charge on any atom is 0.237 e. The van der Waals surface area contributed by atoms with Crippen LogP contribution in [0.1, 0.15) is 44.5 Å². The van der Waals surface area contributed by atoms with E-state index in [9.17, 15) is 4.79 Å². The summed E-state index contributed by atoms with van der Waals surface area (Å²) in [6.45, 7) is 8.17. The highest BCUT2D eigenvalue weighted by Gasteiger charge is 2.27. The summed E-state index contributed by atoms with van der Waals surface area (Å²) in [5.74, 6) is -0.151. The van der Waals surface area contributed by atoms with E-state index < -0.39 is 6.04 Å². The number of ether oxygens (including phenoxy) is 1. The van der Waals surface area contributed by atoms with E-state index in [0.29, 0.717) is 6.54 Å². The van der Waals surface area contributed by atoms with Crippen molar-refractivity contribution in [3.63, 3.8) is 0 Å². The van der Waals surface area contributed by atoms with Gasteiger partial charge < -0.3 is 15.8 Å². The molecule has 0 aromatic carbocycles. The van der Waals surface area contributed by atoms with Crippen molar-refractivity contribution in [2.45, 2.75) is 46.4 Å². The standard InChI is InChI=1S/C13H23N3O2S/c1-8(18-5)12-16-9(7-19-12)6-15-11(17)10(14)13(2,3)4/h7-8,10H,6,14H2,1-5H3,(H,15,17)/t8?,10-/m1/s1. The van der Waals surface area contributed by atoms with E-state index in [1.165, 1.54) is 11.3 Å². The highest BCUT2D eigenvalue weighted by molar-refractivity contribution is 7.09. The maximum absolute atomic E-state index is 11.9. The van der Waals surface area contributed by atoms with E-state index in [1.54, 1.807) is 7.11 Å². The Hall–Kier alpha value is -0.980. The van der Waals surface area contributed by atoms with Gasteiger partial charge in [0.05, 0.1) is 18.3 Å². The quantitative estimate of drug-likeness (QED) is 0.865. The molecule has 1 rings (SSSR count). The van der Waals surface area contributed by atoms with E-state index in [-0.39, 0.29) is 17.4 Å². The van der Waals surface area contributed by atoms with Gasteiger partial charge in [0.25, 0.3) is 0 Å². The van der Waals surface area contributed by atoms with Crippen LogP contribution in [0.5, 0.6) is 0 Å². The van der Waals surface area contributed by atoms with Gasteiger partial charge in [0, 0.05) is 12.5 Å². The lowest BCUT2D eigenvalue weighted by Gasteiger charge is -2.25. The summed E-state index contributed by atoms with van der Waals surface area (Å²) in [7, 11) is 1.65. The number of nitrogens with one attached hydrogen (secondary N) is 1. The van der Waals surface area contributed by atoms with Crippen LogP contribution in [-0.2, 0) is 16.1 Å². The molecule has 1 aromatic rings. The summed E-state index contributed by atoms with van der Waals surface area (Å²) < 4.78 is 5.20. The van der Waals surface area contributed by atoms with Gasteiger partial charge in [0.1, 0.15) is 11.1 Å². The first-order valence-electron chi connectivity index (χ1n) is 6.26. The number of aromatic nitrogens is 1. The zero-order chi connectivity index (χ0) is 14.6. The van der Waals surface area contributed by atoms with Gasteiger partial charge >= 0.3 is 0 Å². The van der Waals surface area contributed by atoms with Crippen LogP contribution in [0.15, 0.2) is 5.38 Å². The molecule has 5 nitrogen and oxygen atoms in total. The first kappa shape index (κ1) is 16.1. The summed E-state index contributed by atoms with van der Waals surface area (Å²) in [5.41, 5.74) is 6.47. The molecule has 19 heavy (non-hydrogen) atoms. The van der Waals surface area contributed by atoms with Crippen molar-refractivity contribution >= 4 is 17.2 Å². The van der Waals surface area contributed by atoms with Crippen LogP contribution in [0.2, 0.25) is 0 Å². The lowest BCUT2D eigenvalue weighted by Crippen LogP contribution is -2.48. The van der Waals surface area contributed by atoms with Gasteiger partial charge in [-0.05, 0) is 12.3 Å². The van der Waals surface area contributed by atoms with Gasteiger partial charge in [0.15, 0.2) is 0 Å². The summed E-state index contributed by atoms with van der Waals surface area (Å²) >= 11 is 1.53. The van der Waals surface area contributed by atoms with E-state index >= 15 is 0 Å². The average molecular weight is 285 g/mol. The molecule has 1 aromatic heterocycles. The first-order valence-corrected chi connectivity index (χ1v) is 7.14. The maximum atomic E-state index is 11.9. The molecule has 0 aliphatic heterocycles. The van der Waals surface area contributed by atoms with Crippen LogP contribution in [0.3, 0.4) is 0 Å². The van der Waals surface area contributed by atoms with Gasteiger partial charge in [-0.25, -0.2) is 4.98 Å². The fourth-order valence-electron chi connectivity index (χ4n) is 1.37. The number of nitrogens with two attached hydrogens (primary N) is 1. The number of hydrogen-bond donors (Lipinski definition) is 2. The summed E-state index contributed by atoms with van der Waals surface area (Å²) in [6, 6.07) is -0.525. The topological polar surface area (TPSA) is 77.2 Å². The van der Waals surface area contributed by atoms with Gasteiger partial charge in [-0.2, -0.15) is 0 Å². The molecule has 6 heteroatoms. The second-order valence-electron chi connectivity index (χ2n) is 5.62. The molecule has 0 saturated carbocycles. The minimum Gasteiger partial charge on any atom is -0.375 e. The molecule has 0 aliphatic carbocycles. The SMILES string of the molecule is COC(C)c1nc(CNC(=O)[C@@H](N)C(C)(C)C)cs1. The number of carbonyl (C=O) groups is 1. The first-order chi connectivity index (χ1) is 8.75. The second-order valence-corrected chi connectivity index (χ2v) is 6.51. The largest absolute Gasteiger partial charge is 0.375 e. The van der Waals surface area contributed by atoms with Crippen LogP contribution in [0, 0.1) is 5.41 Å². The van der Waals surface area contributed by atoms with Crippen molar-refractivity contribution in [3.8, 4) is 0 Å². The van der Waals surface area contributed by atoms with E-state index in [2.05, 4.69) is 10.3 Å². The molecule has 1 heterocycles. The Morgan fingerprint density at radius 2 is 2.21 bits per heavy atom. The minimum absolute atomic E-state index is 0.0220. The molecule has 1 unspecified atom stereocenters. The average Bonchev–Trinajstić information content (AvgIpc) is 2.81. The van der Waals surface area contributed by atoms with Crippen LogP contribution in [0.25, 0.3) is 0 Å². The molecule has 0 bridgehead atoms. The molecule has 0 radical (unpaired) electrons. The summed E-state index contributed by atoms with van der Waals surface area (Å²) in [5, 5.41) is 5.65. The lowest BCUT2D eigenvalue weighted by atomic mass is 9.87. The van der Waals surface area contributed by atoms with Gasteiger partial charge in [-0.1, -0.05) is 20.8 Å². The monoisotopic (exact) mass is 285 g/mol. The molecule has 3 N–H and O–H groups in total. The zero-order valence-corrected chi connectivity index (χ0v) is 13.0. The third-order valence-corrected chi connectivity index (χ3v) is 3.98. The number of nitrogens with zero attached hydrogens (tertiary/aromatic N) is 1. The zero-order valence-electron chi connectivity index (χ0n) is 12.2. The van der Waals surface area contributed by atoms with E-state index in [4.69, 9.17) is 10.5 Å². The molecule has 0 aliphatic rings. The molecule has 1 amide bonds. The lowest BCUT2D eigenvalue weighted by molar-refractivity contribution is -0.124. The van der Waals surface area contributed by atoms with Crippen LogP contribution in [0.4, 0.5) is 0 Å². The van der Waals surface area contributed by atoms with Crippen molar-refractivity contribution in [2.24, 2.45) is 11.1 Å². The Morgan fingerprint density at radius 1 is 1.58 bits per heavy atom. The second kappa shape index (κ2) is 6.45. The number of rotatable bonds is 5. The molecule has 0 spiro atoms. The third kappa shape index (κ3) is 4.56. The predicted octanol–water partition coefficient (Wildman–Crippen LogP) is 1.84. The number of hydrogen-bond acceptors (Lipinski definition) is 5. The van der Waals surface area contributed by atoms with Crippen molar-refractivity contribution in [3.05, 3.63) is 16.1 Å². The van der Waals surface area contributed by atoms with E-state index in [1.807, 2.05) is 33.1 Å². The molecule has 0 fully saturated rings. The Labute approximate surface area is 118 Å². The Morgan fingerprint density at radius 3 is 2.74 bits per heavy atom. The van der Waals surface area contributed by atoms with Crippen LogP contribution >= 0.6 is 11.3 Å². The predicted molar refractivity (Wildman–Crippen MR) is 76.8 cm³/mol. The molecule has 2 atom stereocenters. The van der Waals surface area contributed by atoms with Crippen molar-refractivity contribution in [1.82, 2.24) is 10.3 Å². The summed E-state index contributed by atoms with van der Waals surface area (Å²) in [6.07, 6.45) is -0.0220. The number of amides is 1. The summed E-state index contributed by atoms with van der Waals surface area (Å²) in [4.78, 5) is 16.3. The fraction of sp³-hybridized carbons (Fsp3) is 0.692. The van der Waals surface area contributed by atoms with Crippen molar-refractivity contribution in [1.29, 1.82) is 0 Å². The van der Waals surface area contributed by atoms with Gasteiger partial charge in [-0.3, -0.25) is 4.79 Å². The van der Waals surface area contributed by atoms with Crippen LogP contribution in [-0.4, -0.2) is 24.0 Å².